The van der Waals surface area contributed by atoms with Gasteiger partial charge in [-0.1, -0.05) is 49.0 Å². The molecule has 1 aromatic heterocycles. The van der Waals surface area contributed by atoms with Crippen LogP contribution in [0.1, 0.15) is 58.6 Å². The molecule has 0 spiro atoms. The van der Waals surface area contributed by atoms with Crippen LogP contribution in [0.5, 0.6) is 0 Å². The maximum atomic E-state index is 13.7. The molecule has 0 radical (unpaired) electrons. The van der Waals surface area contributed by atoms with E-state index in [1.165, 1.54) is 29.1 Å². The Morgan fingerprint density at radius 3 is 2.57 bits per heavy atom. The number of unbranched alkanes of at least 4 members (excludes halogenated alkanes) is 2. The number of halogens is 3. The van der Waals surface area contributed by atoms with Gasteiger partial charge in [0.1, 0.15) is 12.4 Å². The Balaban J connectivity index is 1.62. The Kier molecular flexibility index (Phi) is 8.47. The van der Waals surface area contributed by atoms with Crippen molar-refractivity contribution < 1.29 is 14.0 Å². The van der Waals surface area contributed by atoms with E-state index in [0.717, 1.165) is 36.8 Å². The van der Waals surface area contributed by atoms with Gasteiger partial charge in [0, 0.05) is 33.6 Å². The fourth-order valence-electron chi connectivity index (χ4n) is 4.48. The molecule has 1 aliphatic heterocycles. The maximum Gasteiger partial charge on any atom is 0.254 e. The van der Waals surface area contributed by atoms with E-state index in [0.29, 0.717) is 28.7 Å². The molecule has 4 nitrogen and oxygen atoms in total. The molecular weight excluding hydrogens is 506 g/mol. The molecule has 3 aromatic rings. The summed E-state index contributed by atoms with van der Waals surface area (Å²) in [6.45, 7) is 3.02. The Labute approximate surface area is 219 Å². The monoisotopic (exact) mass is 532 g/mol. The number of amides is 2. The summed E-state index contributed by atoms with van der Waals surface area (Å²) in [5.41, 5.74) is 2.24. The van der Waals surface area contributed by atoms with Crippen LogP contribution < -0.4 is 0 Å². The highest BCUT2D eigenvalue weighted by atomic mass is 35.5. The lowest BCUT2D eigenvalue weighted by Gasteiger charge is -2.38. The summed E-state index contributed by atoms with van der Waals surface area (Å²) in [7, 11) is 0. The molecule has 1 atom stereocenters. The van der Waals surface area contributed by atoms with Crippen molar-refractivity contribution >= 4 is 46.4 Å². The van der Waals surface area contributed by atoms with Crippen molar-refractivity contribution in [3.63, 3.8) is 0 Å². The number of carbonyl (C=O) groups excluding carboxylic acids is 2. The summed E-state index contributed by atoms with van der Waals surface area (Å²) in [5, 5.41) is 3.07. The molecule has 8 heteroatoms. The van der Waals surface area contributed by atoms with Gasteiger partial charge in [0.15, 0.2) is 0 Å². The van der Waals surface area contributed by atoms with Gasteiger partial charge in [0.05, 0.1) is 6.04 Å². The van der Waals surface area contributed by atoms with E-state index in [1.54, 1.807) is 28.4 Å². The summed E-state index contributed by atoms with van der Waals surface area (Å²) in [5.74, 6) is -0.827. The second kappa shape index (κ2) is 11.5. The summed E-state index contributed by atoms with van der Waals surface area (Å²) >= 11 is 14.4. The number of thiophene rings is 1. The van der Waals surface area contributed by atoms with E-state index in [-0.39, 0.29) is 24.4 Å². The molecule has 0 saturated carbocycles. The van der Waals surface area contributed by atoms with E-state index in [2.05, 4.69) is 6.92 Å². The van der Waals surface area contributed by atoms with Crippen LogP contribution >= 0.6 is 34.5 Å². The molecule has 184 valence electrons. The largest absolute Gasteiger partial charge is 0.330 e. The fraction of sp³-hybridized carbons (Fsp3) is 0.333. The normalized spacial score (nSPS) is 15.1. The molecule has 2 aromatic carbocycles. The van der Waals surface area contributed by atoms with E-state index in [1.807, 2.05) is 22.4 Å². The van der Waals surface area contributed by atoms with Crippen molar-refractivity contribution in [1.29, 1.82) is 0 Å². The zero-order chi connectivity index (χ0) is 24.9. The van der Waals surface area contributed by atoms with Crippen LogP contribution in [-0.4, -0.2) is 41.2 Å². The number of rotatable bonds is 8. The quantitative estimate of drug-likeness (QED) is 0.293. The van der Waals surface area contributed by atoms with Gasteiger partial charge >= 0.3 is 0 Å². The molecule has 0 bridgehead atoms. The second-order valence-corrected chi connectivity index (χ2v) is 10.5. The summed E-state index contributed by atoms with van der Waals surface area (Å²) in [4.78, 5) is 31.6. The van der Waals surface area contributed by atoms with Crippen LogP contribution in [0.15, 0.2) is 53.9 Å². The van der Waals surface area contributed by atoms with Gasteiger partial charge in [0.2, 0.25) is 5.91 Å². The van der Waals surface area contributed by atoms with Gasteiger partial charge in [0.25, 0.3) is 5.91 Å². The minimum absolute atomic E-state index is 0.0545. The number of hydrogen-bond donors (Lipinski definition) is 0. The third-order valence-corrected chi connectivity index (χ3v) is 7.84. The number of hydrogen-bond acceptors (Lipinski definition) is 3. The number of benzene rings is 2. The highest BCUT2D eigenvalue weighted by molar-refractivity contribution is 7.10. The van der Waals surface area contributed by atoms with Crippen LogP contribution in [-0.2, 0) is 11.2 Å². The molecule has 35 heavy (non-hydrogen) atoms. The highest BCUT2D eigenvalue weighted by Crippen LogP contribution is 2.41. The minimum Gasteiger partial charge on any atom is -0.330 e. The Morgan fingerprint density at radius 2 is 1.86 bits per heavy atom. The molecule has 2 heterocycles. The lowest BCUT2D eigenvalue weighted by molar-refractivity contribution is -0.134. The molecule has 1 aliphatic rings. The Bertz CT molecular complexity index is 1200. The standard InChI is InChI=1S/C27H27Cl2FN2O2S/c1-2-3-4-13-31(27(34)18-5-8-20(30)9-6-18)17-25(33)32-14-11-24-22(12-15-35-24)26(32)21-10-7-19(28)16-23(21)29/h5-10,12,15-16,26H,2-4,11,13-14,17H2,1H3. The molecule has 4 rings (SSSR count). The molecule has 0 fully saturated rings. The molecule has 1 unspecified atom stereocenters. The molecular formula is C27H27Cl2FN2O2S. The van der Waals surface area contributed by atoms with E-state index in [9.17, 15) is 14.0 Å². The van der Waals surface area contributed by atoms with Crippen LogP contribution in [0.3, 0.4) is 0 Å². The predicted octanol–water partition coefficient (Wildman–Crippen LogP) is 7.00. The zero-order valence-electron chi connectivity index (χ0n) is 19.5. The van der Waals surface area contributed by atoms with E-state index in [4.69, 9.17) is 23.2 Å². The zero-order valence-corrected chi connectivity index (χ0v) is 21.8. The van der Waals surface area contributed by atoms with Crippen molar-refractivity contribution in [1.82, 2.24) is 9.80 Å². The maximum absolute atomic E-state index is 13.7. The first-order valence-corrected chi connectivity index (χ1v) is 13.4. The average molecular weight is 533 g/mol. The van der Waals surface area contributed by atoms with E-state index >= 15 is 0 Å². The summed E-state index contributed by atoms with van der Waals surface area (Å²) in [6, 6.07) is 12.5. The van der Waals surface area contributed by atoms with E-state index < -0.39 is 5.82 Å². The van der Waals surface area contributed by atoms with Crippen molar-refractivity contribution in [3.05, 3.63) is 91.3 Å². The fourth-order valence-corrected chi connectivity index (χ4v) is 5.89. The van der Waals surface area contributed by atoms with Crippen LogP contribution in [0.2, 0.25) is 10.0 Å². The van der Waals surface area contributed by atoms with Gasteiger partial charge in [-0.05, 0) is 71.8 Å². The second-order valence-electron chi connectivity index (χ2n) is 8.65. The van der Waals surface area contributed by atoms with Gasteiger partial charge in [-0.25, -0.2) is 4.39 Å². The number of carbonyl (C=O) groups is 2. The molecule has 0 saturated heterocycles. The summed E-state index contributed by atoms with van der Waals surface area (Å²) < 4.78 is 13.4. The van der Waals surface area contributed by atoms with Crippen LogP contribution in [0.25, 0.3) is 0 Å². The first-order valence-electron chi connectivity index (χ1n) is 11.7. The molecule has 2 amide bonds. The molecule has 0 aliphatic carbocycles. The van der Waals surface area contributed by atoms with Crippen molar-refractivity contribution in [3.8, 4) is 0 Å². The number of nitrogens with zero attached hydrogens (tertiary/aromatic N) is 2. The average Bonchev–Trinajstić information content (AvgIpc) is 3.32. The third kappa shape index (κ3) is 5.88. The first kappa shape index (κ1) is 25.7. The van der Waals surface area contributed by atoms with Crippen LogP contribution in [0, 0.1) is 5.82 Å². The third-order valence-electron chi connectivity index (χ3n) is 6.28. The Hall–Kier alpha value is -2.41. The first-order chi connectivity index (χ1) is 16.9. The van der Waals surface area contributed by atoms with Crippen molar-refractivity contribution in [2.75, 3.05) is 19.6 Å². The topological polar surface area (TPSA) is 40.6 Å². The van der Waals surface area contributed by atoms with Gasteiger partial charge in [-0.2, -0.15) is 0 Å². The SMILES string of the molecule is CCCCCN(CC(=O)N1CCc2sccc2C1c1ccc(Cl)cc1Cl)C(=O)c1ccc(F)cc1. The lowest BCUT2D eigenvalue weighted by Crippen LogP contribution is -2.47. The van der Waals surface area contributed by atoms with Crippen molar-refractivity contribution in [2.45, 2.75) is 38.6 Å². The highest BCUT2D eigenvalue weighted by Gasteiger charge is 2.35. The van der Waals surface area contributed by atoms with Gasteiger partial charge in [-0.15, -0.1) is 11.3 Å². The van der Waals surface area contributed by atoms with Gasteiger partial charge < -0.3 is 9.80 Å². The van der Waals surface area contributed by atoms with Gasteiger partial charge in [-0.3, -0.25) is 9.59 Å². The lowest BCUT2D eigenvalue weighted by atomic mass is 9.93. The molecule has 0 N–H and O–H groups in total. The summed E-state index contributed by atoms with van der Waals surface area (Å²) in [6.07, 6.45) is 3.49. The number of fused-ring (bicyclic) bond motifs is 1. The predicted molar refractivity (Wildman–Crippen MR) is 140 cm³/mol. The minimum atomic E-state index is -0.405. The smallest absolute Gasteiger partial charge is 0.254 e. The van der Waals surface area contributed by atoms with Crippen molar-refractivity contribution in [2.24, 2.45) is 0 Å². The van der Waals surface area contributed by atoms with Crippen LogP contribution in [0.4, 0.5) is 4.39 Å². The Morgan fingerprint density at radius 1 is 1.09 bits per heavy atom.